The highest BCUT2D eigenvalue weighted by atomic mass is 32.2. The molecular formula is C54H67N3O4S. The first-order valence-electron chi connectivity index (χ1n) is 22.5. The number of nitrogens with one attached hydrogen (secondary N) is 2. The van der Waals surface area contributed by atoms with Gasteiger partial charge >= 0.3 is 0 Å². The summed E-state index contributed by atoms with van der Waals surface area (Å²) in [6.07, 6.45) is 18.1. The highest BCUT2D eigenvalue weighted by Gasteiger charge is 2.48. The van der Waals surface area contributed by atoms with Crippen LogP contribution < -0.4 is 16.4 Å². The van der Waals surface area contributed by atoms with E-state index in [1.807, 2.05) is 32.2 Å². The average molecular weight is 854 g/mol. The van der Waals surface area contributed by atoms with Crippen molar-refractivity contribution in [2.75, 3.05) is 60.6 Å². The zero-order valence-corrected chi connectivity index (χ0v) is 39.3. The summed E-state index contributed by atoms with van der Waals surface area (Å²) in [5.41, 5.74) is 27.5. The Kier molecular flexibility index (Phi) is 12.9. The van der Waals surface area contributed by atoms with E-state index < -0.39 is 0 Å². The second-order valence-corrected chi connectivity index (χ2v) is 20.0. The Balaban J connectivity index is 1.27. The van der Waals surface area contributed by atoms with E-state index in [-0.39, 0.29) is 16.2 Å². The average Bonchev–Trinajstić information content (AvgIpc) is 3.69. The molecule has 0 spiro atoms. The van der Waals surface area contributed by atoms with E-state index >= 15 is 0 Å². The Morgan fingerprint density at radius 2 is 1.26 bits per heavy atom. The van der Waals surface area contributed by atoms with Crippen molar-refractivity contribution in [3.05, 3.63) is 134 Å². The van der Waals surface area contributed by atoms with Crippen LogP contribution in [0, 0.1) is 11.3 Å². The molecule has 1 unspecified atom stereocenters. The Morgan fingerprint density at radius 3 is 1.85 bits per heavy atom. The Hall–Kier alpha value is -4.31. The minimum absolute atomic E-state index is 0.150. The second kappa shape index (κ2) is 18.1. The number of thioether (sulfide) groups is 1. The summed E-state index contributed by atoms with van der Waals surface area (Å²) in [4.78, 5) is 0. The molecule has 0 amide bonds. The maximum absolute atomic E-state index is 7.44. The molecular weight excluding hydrogens is 787 g/mol. The summed E-state index contributed by atoms with van der Waals surface area (Å²) in [5.74, 6) is 2.53. The van der Waals surface area contributed by atoms with Gasteiger partial charge in [-0.05, 0) is 159 Å². The maximum Gasteiger partial charge on any atom is 0.0696 e. The Morgan fingerprint density at radius 1 is 0.710 bits per heavy atom. The lowest BCUT2D eigenvalue weighted by atomic mass is 9.67. The number of benzene rings is 3. The molecule has 0 saturated heterocycles. The lowest BCUT2D eigenvalue weighted by molar-refractivity contribution is 0.144. The molecule has 328 valence electrons. The van der Waals surface area contributed by atoms with E-state index in [9.17, 15) is 0 Å². The first-order chi connectivity index (χ1) is 30.0. The number of fused-ring (bicyclic) bond motifs is 8. The third kappa shape index (κ3) is 7.64. The van der Waals surface area contributed by atoms with Crippen molar-refractivity contribution < 1.29 is 18.9 Å². The highest BCUT2D eigenvalue weighted by Crippen LogP contribution is 2.59. The SMILES string of the molecule is CCSCc1ccc2c(c1)C(CCOC)(CCOC)c1cc3c(cc1-2)C=CN/C3=C(C)\C(N)=C1/NC=Cc2cc3c(cc21)C(CCOC)(CCOC)C1=CC(C(C)(C)C)CC=C13. The minimum Gasteiger partial charge on any atom is -0.397 e. The molecule has 3 aromatic carbocycles. The summed E-state index contributed by atoms with van der Waals surface area (Å²) >= 11 is 1.96. The van der Waals surface area contributed by atoms with Gasteiger partial charge in [0.25, 0.3) is 0 Å². The zero-order chi connectivity index (χ0) is 43.8. The van der Waals surface area contributed by atoms with Crippen LogP contribution in [0.5, 0.6) is 0 Å². The number of hydrogen-bond acceptors (Lipinski definition) is 8. The minimum atomic E-state index is -0.259. The standard InChI is InChI=1S/C54H67N3O4S/c1-10-62-33-35-11-13-39-43-28-36-15-21-56-50(41(36)31-47(43)53(17-23-58-6,18-24-59-7)45(39)27-35)34(2)49(55)51-42-32-48-44(29-37(42)16-22-57-51)40-14-12-38(52(3,4)5)30-46(40)54(48,19-25-60-8)20-26-61-9/h11,13-16,21-22,27-32,38,56-57H,10,12,17-20,23-26,33,55H2,1-9H3/b50-34-,51-49+. The van der Waals surface area contributed by atoms with Crippen molar-refractivity contribution in [2.45, 2.75) is 83.3 Å². The molecule has 8 rings (SSSR count). The van der Waals surface area contributed by atoms with Gasteiger partial charge in [-0.25, -0.2) is 0 Å². The van der Waals surface area contributed by atoms with Gasteiger partial charge in [0.15, 0.2) is 0 Å². The molecule has 1 atom stereocenters. The number of ether oxygens (including phenoxy) is 4. The van der Waals surface area contributed by atoms with Gasteiger partial charge in [-0.2, -0.15) is 11.8 Å². The number of methoxy groups -OCH3 is 4. The molecule has 5 aliphatic rings. The van der Waals surface area contributed by atoms with Crippen molar-refractivity contribution in [1.82, 2.24) is 10.6 Å². The van der Waals surface area contributed by atoms with Gasteiger partial charge < -0.3 is 35.3 Å². The van der Waals surface area contributed by atoms with E-state index in [0.29, 0.717) is 38.0 Å². The topological polar surface area (TPSA) is 87.0 Å². The fraction of sp³-hybridized carbons (Fsp3) is 0.444. The van der Waals surface area contributed by atoms with Crippen LogP contribution in [0.25, 0.3) is 40.2 Å². The summed E-state index contributed by atoms with van der Waals surface area (Å²) in [5, 5.41) is 7.31. The molecule has 2 heterocycles. The normalized spacial score (nSPS) is 20.2. The van der Waals surface area contributed by atoms with Gasteiger partial charge in [0.2, 0.25) is 0 Å². The van der Waals surface area contributed by atoms with Crippen LogP contribution in [-0.4, -0.2) is 60.6 Å². The molecule has 4 N–H and O–H groups in total. The van der Waals surface area contributed by atoms with E-state index in [1.54, 1.807) is 14.2 Å². The Bertz CT molecular complexity index is 2390. The number of allylic oxidation sites excluding steroid dienone is 5. The quantitative estimate of drug-likeness (QED) is 0.131. The van der Waals surface area contributed by atoms with E-state index in [2.05, 4.69) is 118 Å². The summed E-state index contributed by atoms with van der Waals surface area (Å²) < 4.78 is 23.3. The van der Waals surface area contributed by atoms with Gasteiger partial charge in [-0.1, -0.05) is 58.0 Å². The second-order valence-electron chi connectivity index (χ2n) is 18.8. The van der Waals surface area contributed by atoms with Gasteiger partial charge in [-0.15, -0.1) is 0 Å². The van der Waals surface area contributed by atoms with E-state index in [1.165, 1.54) is 55.7 Å². The molecule has 3 aliphatic carbocycles. The van der Waals surface area contributed by atoms with Crippen molar-refractivity contribution in [3.63, 3.8) is 0 Å². The molecule has 0 bridgehead atoms. The molecule has 0 saturated carbocycles. The van der Waals surface area contributed by atoms with Gasteiger partial charge in [0.05, 0.1) is 17.1 Å². The lowest BCUT2D eigenvalue weighted by Crippen LogP contribution is -2.31. The van der Waals surface area contributed by atoms with Gasteiger partial charge in [0.1, 0.15) is 0 Å². The van der Waals surface area contributed by atoms with Crippen molar-refractivity contribution in [1.29, 1.82) is 0 Å². The first kappa shape index (κ1) is 44.3. The van der Waals surface area contributed by atoms with Crippen LogP contribution in [0.4, 0.5) is 0 Å². The first-order valence-corrected chi connectivity index (χ1v) is 23.7. The van der Waals surface area contributed by atoms with Gasteiger partial charge in [0, 0.05) is 95.0 Å². The fourth-order valence-corrected chi connectivity index (χ4v) is 11.5. The maximum atomic E-state index is 7.44. The van der Waals surface area contributed by atoms with Crippen LogP contribution in [0.15, 0.2) is 83.9 Å². The van der Waals surface area contributed by atoms with E-state index in [4.69, 9.17) is 24.7 Å². The van der Waals surface area contributed by atoms with Crippen molar-refractivity contribution in [3.8, 4) is 11.1 Å². The third-order valence-electron chi connectivity index (χ3n) is 14.4. The monoisotopic (exact) mass is 853 g/mol. The number of hydrogen-bond donors (Lipinski definition) is 3. The smallest absolute Gasteiger partial charge is 0.0696 e. The predicted molar refractivity (Wildman–Crippen MR) is 260 cm³/mol. The van der Waals surface area contributed by atoms with Crippen LogP contribution in [0.3, 0.4) is 0 Å². The van der Waals surface area contributed by atoms with E-state index in [0.717, 1.165) is 77.3 Å². The molecule has 0 fully saturated rings. The predicted octanol–water partition coefficient (Wildman–Crippen LogP) is 11.2. The van der Waals surface area contributed by atoms with Crippen LogP contribution in [0.1, 0.15) is 117 Å². The van der Waals surface area contributed by atoms with Crippen LogP contribution in [-0.2, 0) is 35.5 Å². The number of nitrogens with two attached hydrogens (primary N) is 1. The Labute approximate surface area is 375 Å². The molecule has 62 heavy (non-hydrogen) atoms. The largest absolute Gasteiger partial charge is 0.397 e. The molecule has 0 aromatic heterocycles. The van der Waals surface area contributed by atoms with Gasteiger partial charge in [-0.3, -0.25) is 0 Å². The van der Waals surface area contributed by atoms with Crippen LogP contribution >= 0.6 is 11.8 Å². The molecule has 7 nitrogen and oxygen atoms in total. The summed E-state index contributed by atoms with van der Waals surface area (Å²) in [7, 11) is 7.24. The van der Waals surface area contributed by atoms with Crippen molar-refractivity contribution in [2.24, 2.45) is 17.1 Å². The summed E-state index contributed by atoms with van der Waals surface area (Å²) in [6, 6.07) is 16.8. The molecule has 3 aromatic rings. The summed E-state index contributed by atoms with van der Waals surface area (Å²) in [6.45, 7) is 14.1. The highest BCUT2D eigenvalue weighted by molar-refractivity contribution is 7.98. The fourth-order valence-electron chi connectivity index (χ4n) is 10.9. The van der Waals surface area contributed by atoms with Crippen LogP contribution in [0.2, 0.25) is 0 Å². The molecule has 2 aliphatic heterocycles. The lowest BCUT2D eigenvalue weighted by Gasteiger charge is -2.37. The molecule has 8 heteroatoms. The number of rotatable bonds is 16. The van der Waals surface area contributed by atoms with Crippen molar-refractivity contribution >= 4 is 40.9 Å². The zero-order valence-electron chi connectivity index (χ0n) is 38.5. The third-order valence-corrected chi connectivity index (χ3v) is 15.4. The molecule has 0 radical (unpaired) electrons.